The summed E-state index contributed by atoms with van der Waals surface area (Å²) in [6.07, 6.45) is 0.612. The van der Waals surface area contributed by atoms with Crippen molar-refractivity contribution in [3.63, 3.8) is 0 Å². The zero-order valence-electron chi connectivity index (χ0n) is 10.6. The van der Waals surface area contributed by atoms with E-state index in [0.717, 1.165) is 16.2 Å². The fourth-order valence-electron chi connectivity index (χ4n) is 1.44. The molecule has 112 valence electrons. The quantitative estimate of drug-likeness (QED) is 0.528. The molecule has 1 fully saturated rings. The third-order valence-electron chi connectivity index (χ3n) is 2.32. The number of urea groups is 2. The number of hydrogen-bond donors (Lipinski definition) is 3. The molecular weight excluding hydrogens is 302 g/mol. The number of carbonyl (C=O) groups is 3. The number of carboxylic acids is 1. The number of oxime groups is 1. The number of imide groups is 1. The molecule has 0 saturated carbocycles. The lowest BCUT2D eigenvalue weighted by Crippen LogP contribution is -2.37. The summed E-state index contributed by atoms with van der Waals surface area (Å²) in [5.41, 5.74) is 0.476. The summed E-state index contributed by atoms with van der Waals surface area (Å²) in [7, 11) is 0. The van der Waals surface area contributed by atoms with Crippen LogP contribution in [0.25, 0.3) is 0 Å². The Bertz CT molecular complexity index is 586. The average Bonchev–Trinajstić information content (AvgIpc) is 3.03. The number of nitrogens with one attached hydrogen (secondary N) is 2. The Balaban J connectivity index is 1.84. The van der Waals surface area contributed by atoms with Gasteiger partial charge in [-0.1, -0.05) is 5.16 Å². The van der Waals surface area contributed by atoms with Crippen molar-refractivity contribution in [3.05, 3.63) is 11.1 Å². The van der Waals surface area contributed by atoms with Crippen LogP contribution >= 0.6 is 11.3 Å². The lowest BCUT2D eigenvalue weighted by molar-refractivity contribution is -0.129. The van der Waals surface area contributed by atoms with Crippen molar-refractivity contribution < 1.29 is 24.3 Å². The zero-order valence-corrected chi connectivity index (χ0v) is 11.4. The van der Waals surface area contributed by atoms with E-state index in [1.54, 1.807) is 5.38 Å². The Kier molecular flexibility index (Phi) is 4.66. The zero-order chi connectivity index (χ0) is 15.2. The second kappa shape index (κ2) is 6.65. The SMILES string of the molecule is O=C(O)C=NOCc1csc(NC(=O)N2CCNC2=O)n1. The molecule has 1 saturated heterocycles. The van der Waals surface area contributed by atoms with E-state index < -0.39 is 18.0 Å². The molecule has 1 aliphatic heterocycles. The van der Waals surface area contributed by atoms with Crippen LogP contribution in [-0.2, 0) is 16.2 Å². The van der Waals surface area contributed by atoms with Gasteiger partial charge in [0.15, 0.2) is 18.0 Å². The predicted octanol–water partition coefficient (Wildman–Crippen LogP) is 0.287. The van der Waals surface area contributed by atoms with Gasteiger partial charge in [-0.3, -0.25) is 5.32 Å². The van der Waals surface area contributed by atoms with E-state index in [1.807, 2.05) is 0 Å². The molecule has 2 rings (SSSR count). The molecule has 0 aromatic carbocycles. The molecule has 2 heterocycles. The molecule has 10 nitrogen and oxygen atoms in total. The second-order valence-electron chi connectivity index (χ2n) is 3.80. The standard InChI is InChI=1S/C10H11N5O5S/c16-7(17)3-12-20-4-6-5-21-8(13-6)14-10(19)15-2-1-11-9(15)18/h3,5H,1-2,4H2,(H,11,18)(H,16,17)(H,13,14,19). The molecule has 0 spiro atoms. The van der Waals surface area contributed by atoms with Gasteiger partial charge in [0, 0.05) is 18.5 Å². The lowest BCUT2D eigenvalue weighted by Gasteiger charge is -2.11. The average molecular weight is 313 g/mol. The molecule has 1 aromatic heterocycles. The second-order valence-corrected chi connectivity index (χ2v) is 4.66. The summed E-state index contributed by atoms with van der Waals surface area (Å²) >= 11 is 1.15. The number of aromatic nitrogens is 1. The van der Waals surface area contributed by atoms with Crippen LogP contribution in [0.4, 0.5) is 14.7 Å². The van der Waals surface area contributed by atoms with Crippen LogP contribution in [0, 0.1) is 0 Å². The van der Waals surface area contributed by atoms with E-state index in [1.165, 1.54) is 0 Å². The molecule has 0 radical (unpaired) electrons. The van der Waals surface area contributed by atoms with Crippen molar-refractivity contribution in [3.8, 4) is 0 Å². The van der Waals surface area contributed by atoms with E-state index in [2.05, 4.69) is 20.8 Å². The number of carboxylic acid groups (broad SMARTS) is 1. The van der Waals surface area contributed by atoms with E-state index in [-0.39, 0.29) is 6.61 Å². The highest BCUT2D eigenvalue weighted by Gasteiger charge is 2.26. The number of hydrogen-bond acceptors (Lipinski definition) is 7. The molecule has 0 atom stereocenters. The normalized spacial score (nSPS) is 14.3. The summed E-state index contributed by atoms with van der Waals surface area (Å²) in [6.45, 7) is 0.695. The highest BCUT2D eigenvalue weighted by Crippen LogP contribution is 2.17. The summed E-state index contributed by atoms with van der Waals surface area (Å²) < 4.78 is 0. The Morgan fingerprint density at radius 1 is 1.67 bits per heavy atom. The molecule has 0 bridgehead atoms. The fourth-order valence-corrected chi connectivity index (χ4v) is 2.13. The Labute approximate surface area is 122 Å². The van der Waals surface area contributed by atoms with Crippen LogP contribution in [0.15, 0.2) is 10.5 Å². The van der Waals surface area contributed by atoms with E-state index in [9.17, 15) is 14.4 Å². The molecule has 0 aliphatic carbocycles. The van der Waals surface area contributed by atoms with E-state index >= 15 is 0 Å². The largest absolute Gasteiger partial charge is 0.477 e. The van der Waals surface area contributed by atoms with Crippen molar-refractivity contribution in [1.29, 1.82) is 0 Å². The molecule has 21 heavy (non-hydrogen) atoms. The van der Waals surface area contributed by atoms with Crippen LogP contribution in [0.2, 0.25) is 0 Å². The van der Waals surface area contributed by atoms with Crippen molar-refractivity contribution >= 4 is 40.7 Å². The minimum Gasteiger partial charge on any atom is -0.477 e. The first-order valence-electron chi connectivity index (χ1n) is 5.75. The van der Waals surface area contributed by atoms with E-state index in [4.69, 9.17) is 9.94 Å². The van der Waals surface area contributed by atoms with Crippen LogP contribution in [0.5, 0.6) is 0 Å². The van der Waals surface area contributed by atoms with Gasteiger partial charge in [0.25, 0.3) is 0 Å². The third-order valence-corrected chi connectivity index (χ3v) is 3.12. The Hall–Kier alpha value is -2.69. The number of anilines is 1. The number of amides is 4. The first kappa shape index (κ1) is 14.7. The minimum absolute atomic E-state index is 0.0274. The summed E-state index contributed by atoms with van der Waals surface area (Å²) in [4.78, 5) is 43.0. The Morgan fingerprint density at radius 2 is 2.48 bits per heavy atom. The number of rotatable bonds is 5. The molecule has 3 N–H and O–H groups in total. The van der Waals surface area contributed by atoms with Gasteiger partial charge < -0.3 is 15.3 Å². The van der Waals surface area contributed by atoms with Crippen molar-refractivity contribution in [2.45, 2.75) is 6.61 Å². The van der Waals surface area contributed by atoms with Crippen LogP contribution in [-0.4, -0.2) is 52.3 Å². The van der Waals surface area contributed by atoms with Gasteiger partial charge in [0.05, 0.1) is 5.69 Å². The maximum Gasteiger partial charge on any atom is 0.350 e. The smallest absolute Gasteiger partial charge is 0.350 e. The molecular formula is C10H11N5O5S. The number of nitrogens with zero attached hydrogens (tertiary/aromatic N) is 3. The summed E-state index contributed by atoms with van der Waals surface area (Å²) in [5.74, 6) is -1.22. The van der Waals surface area contributed by atoms with Crippen molar-refractivity contribution in [1.82, 2.24) is 15.2 Å². The number of aliphatic carboxylic acids is 1. The molecule has 1 aromatic rings. The molecule has 4 amide bonds. The molecule has 0 unspecified atom stereocenters. The van der Waals surface area contributed by atoms with Crippen LogP contribution in [0.3, 0.4) is 0 Å². The van der Waals surface area contributed by atoms with Crippen LogP contribution < -0.4 is 10.6 Å². The number of thiazole rings is 1. The van der Waals surface area contributed by atoms with E-state index in [0.29, 0.717) is 30.1 Å². The van der Waals surface area contributed by atoms with Gasteiger partial charge in [-0.15, -0.1) is 11.3 Å². The summed E-state index contributed by atoms with van der Waals surface area (Å²) in [6, 6.07) is -1.01. The van der Waals surface area contributed by atoms with Gasteiger partial charge in [0.1, 0.15) is 0 Å². The Morgan fingerprint density at radius 3 is 3.14 bits per heavy atom. The van der Waals surface area contributed by atoms with Gasteiger partial charge >= 0.3 is 18.0 Å². The first-order valence-corrected chi connectivity index (χ1v) is 6.63. The first-order chi connectivity index (χ1) is 10.1. The van der Waals surface area contributed by atoms with Gasteiger partial charge in [0.2, 0.25) is 0 Å². The monoisotopic (exact) mass is 313 g/mol. The molecule has 1 aliphatic rings. The van der Waals surface area contributed by atoms with Gasteiger partial charge in [-0.25, -0.2) is 24.3 Å². The van der Waals surface area contributed by atoms with Gasteiger partial charge in [-0.2, -0.15) is 0 Å². The number of carbonyl (C=O) groups excluding carboxylic acids is 2. The predicted molar refractivity (Wildman–Crippen MR) is 72.2 cm³/mol. The topological polar surface area (TPSA) is 133 Å². The maximum absolute atomic E-state index is 11.8. The fraction of sp³-hybridized carbons (Fsp3) is 0.300. The maximum atomic E-state index is 11.8. The minimum atomic E-state index is -1.22. The van der Waals surface area contributed by atoms with Crippen molar-refractivity contribution in [2.75, 3.05) is 18.4 Å². The highest BCUT2D eigenvalue weighted by molar-refractivity contribution is 7.13. The third kappa shape index (κ3) is 4.14. The van der Waals surface area contributed by atoms with Crippen LogP contribution in [0.1, 0.15) is 5.69 Å². The lowest BCUT2D eigenvalue weighted by atomic mass is 10.5. The van der Waals surface area contributed by atoms with Gasteiger partial charge in [-0.05, 0) is 0 Å². The van der Waals surface area contributed by atoms with Crippen molar-refractivity contribution in [2.24, 2.45) is 5.16 Å². The highest BCUT2D eigenvalue weighted by atomic mass is 32.1. The summed E-state index contributed by atoms with van der Waals surface area (Å²) in [5, 5.41) is 18.4. The molecule has 11 heteroatoms.